The molecular weight excluding hydrogens is 1340 g/mol. The fourth-order valence-corrected chi connectivity index (χ4v) is 12.1. The minimum atomic E-state index is -5.37. The van der Waals surface area contributed by atoms with Crippen molar-refractivity contribution in [1.29, 1.82) is 0 Å². The SMILES string of the molecule is Cc1cc(N([O-])N=C2C=CC(=CC=C3C=CC(=N[N+](=O)c4ccc(N=Nc5cc(S(=O)(=O)[O-])c6cccc(S(=O)(=O)[O-])c6c5)c(C)c4)C=C3S(=O)(=O)[O-])C(S(=O)(=O)[O-])=C2)ccc1N=Nc1cc(S(=O)(=O)[O-])c2cccc(S(=O)(=O)[O-])c2c1.[Na+].[Na+].[Na+].[Na+].[Na+].[Na+]. The van der Waals surface area contributed by atoms with Crippen LogP contribution in [0.5, 0.6) is 0 Å². The van der Waals surface area contributed by atoms with Gasteiger partial charge in [0.25, 0.3) is 5.69 Å². The van der Waals surface area contributed by atoms with Gasteiger partial charge in [-0.3, -0.25) is 0 Å². The number of nitrogens with zero attached hydrogens (tertiary/aromatic N) is 8. The van der Waals surface area contributed by atoms with E-state index in [0.29, 0.717) is 0 Å². The number of anilines is 1. The average Bonchev–Trinajstić information content (AvgIpc) is 0.893. The number of aryl methyl sites for hydroxylation is 2. The zero-order valence-electron chi connectivity index (χ0n) is 47.0. The van der Waals surface area contributed by atoms with Crippen LogP contribution in [0.25, 0.3) is 21.5 Å². The molecule has 2 aliphatic carbocycles. The number of azo groups is 2. The number of hydrogen-bond donors (Lipinski definition) is 0. The van der Waals surface area contributed by atoms with Crippen molar-refractivity contribution in [3.63, 3.8) is 0 Å². The van der Waals surface area contributed by atoms with Gasteiger partial charge in [0.15, 0.2) is 4.87 Å². The summed E-state index contributed by atoms with van der Waals surface area (Å²) in [7, 11) is -31.5. The maximum Gasteiger partial charge on any atom is 1.00 e. The largest absolute Gasteiger partial charge is 1.00 e. The first-order valence-electron chi connectivity index (χ1n) is 22.3. The molecule has 424 valence electrons. The summed E-state index contributed by atoms with van der Waals surface area (Å²) in [4.78, 5) is 7.95. The number of rotatable bonds is 15. The number of nitroso groups, excluding NO2 is 1. The third-order valence-corrected chi connectivity index (χ3v) is 16.9. The zero-order chi connectivity index (χ0) is 60.1. The van der Waals surface area contributed by atoms with Crippen molar-refractivity contribution in [2.75, 3.05) is 5.17 Å². The van der Waals surface area contributed by atoms with E-state index in [0.717, 1.165) is 109 Å². The summed E-state index contributed by atoms with van der Waals surface area (Å²) in [5, 5.41) is 35.1. The Morgan fingerprint density at radius 2 is 0.830 bits per heavy atom. The van der Waals surface area contributed by atoms with Crippen LogP contribution in [0.1, 0.15) is 11.1 Å². The molecule has 0 aromatic heterocycles. The second-order valence-corrected chi connectivity index (χ2v) is 25.3. The van der Waals surface area contributed by atoms with Gasteiger partial charge in [0.1, 0.15) is 66.4 Å². The van der Waals surface area contributed by atoms with Crippen LogP contribution in [-0.4, -0.2) is 94.1 Å². The Bertz CT molecular complexity index is 4890. The van der Waals surface area contributed by atoms with E-state index < -0.39 is 101 Å². The molecule has 6 aromatic rings. The Labute approximate surface area is 635 Å². The van der Waals surface area contributed by atoms with Crippen LogP contribution in [0.4, 0.5) is 34.1 Å². The van der Waals surface area contributed by atoms with Crippen molar-refractivity contribution in [1.82, 2.24) is 0 Å². The molecule has 0 unspecified atom stereocenters. The maximum atomic E-state index is 13.2. The summed E-state index contributed by atoms with van der Waals surface area (Å²) >= 11 is 0. The standard InChI is InChI=1S/C48H36N8O20S6.6Na/c1-27-19-35(15-17-41(27)51-49-33-21-39-37(47(25-33)81(71,72)73)5-3-7-43(39)77(59,60)61)55(57)53-31-13-11-29(45(23-31)79(65,66)67)9-10-30-12-14-32(24-46(30)80(68,69)70)54-56(58)36-16-18-42(28(2)20-36)52-50-34-22-40-38(48(26-34)82(74,75)76)6-4-8-44(40)78(62,63)64;;;;;;/h3-26H,1-2H3,(H,59,60,61)(H,62,63,64)(H,65,66,67)(H,68,69,70)(H,71,72,73)(H,74,75,76);;;;;;/q;6*+1/p-6. The van der Waals surface area contributed by atoms with Crippen LogP contribution >= 0.6 is 0 Å². The molecule has 8 rings (SSSR count). The molecular formula is C48H30N8Na6O20S6. The van der Waals surface area contributed by atoms with E-state index in [2.05, 4.69) is 30.7 Å². The third kappa shape index (κ3) is 20.1. The second-order valence-electron chi connectivity index (χ2n) is 17.2. The Hall–Kier alpha value is -2.36. The summed E-state index contributed by atoms with van der Waals surface area (Å²) < 4.78 is 219. The quantitative estimate of drug-likeness (QED) is 0.0303. The van der Waals surface area contributed by atoms with Crippen molar-refractivity contribution in [2.45, 2.75) is 33.4 Å². The predicted molar refractivity (Wildman–Crippen MR) is 284 cm³/mol. The van der Waals surface area contributed by atoms with E-state index in [-0.39, 0.29) is 266 Å². The van der Waals surface area contributed by atoms with Crippen LogP contribution in [0.2, 0.25) is 0 Å². The van der Waals surface area contributed by atoms with E-state index in [1.165, 1.54) is 50.2 Å². The van der Waals surface area contributed by atoms with Gasteiger partial charge in [-0.25, -0.2) is 50.5 Å². The van der Waals surface area contributed by atoms with Gasteiger partial charge in [-0.05, 0) is 121 Å². The van der Waals surface area contributed by atoms with E-state index >= 15 is 0 Å². The van der Waals surface area contributed by atoms with Crippen molar-refractivity contribution in [3.05, 3.63) is 188 Å². The fraction of sp³-hybridized carbons (Fsp3) is 0.0417. The summed E-state index contributed by atoms with van der Waals surface area (Å²) in [5.41, 5.74) is -1.92. The Morgan fingerprint density at radius 3 is 1.23 bits per heavy atom. The van der Waals surface area contributed by atoms with Gasteiger partial charge in [0.2, 0.25) is 0 Å². The van der Waals surface area contributed by atoms with Crippen LogP contribution in [-0.2, 0) is 60.7 Å². The molecule has 0 radical (unpaired) electrons. The zero-order valence-corrected chi connectivity index (χ0v) is 63.9. The number of allylic oxidation sites excluding steroid dienone is 10. The normalized spacial score (nSPS) is 15.6. The maximum absolute atomic E-state index is 13.2. The molecule has 0 amide bonds. The van der Waals surface area contributed by atoms with Gasteiger partial charge in [0.05, 0.1) is 67.9 Å². The summed E-state index contributed by atoms with van der Waals surface area (Å²) in [5.74, 6) is 0. The van der Waals surface area contributed by atoms with Crippen LogP contribution in [0, 0.1) is 24.0 Å². The number of benzene rings is 6. The fourth-order valence-electron chi connectivity index (χ4n) is 7.93. The van der Waals surface area contributed by atoms with E-state index in [9.17, 15) is 87.9 Å². The molecule has 0 atom stereocenters. The van der Waals surface area contributed by atoms with Crippen LogP contribution < -0.4 is 183 Å². The number of fused-ring (bicyclic) bond motifs is 2. The first-order chi connectivity index (χ1) is 38.1. The summed E-state index contributed by atoms with van der Waals surface area (Å²) in [6.07, 6.45) is 7.67. The first kappa shape index (κ1) is 81.7. The van der Waals surface area contributed by atoms with Gasteiger partial charge in [0, 0.05) is 39.4 Å². The molecule has 0 heterocycles. The molecule has 0 bridgehead atoms. The third-order valence-electron chi connectivity index (χ3n) is 11.6. The molecule has 0 aliphatic heterocycles. The minimum absolute atomic E-state index is 0. The monoisotopic (exact) mass is 1370 g/mol. The molecule has 0 spiro atoms. The molecule has 40 heteroatoms. The number of hydrogen-bond acceptors (Lipinski definition) is 26. The molecule has 28 nitrogen and oxygen atoms in total. The van der Waals surface area contributed by atoms with Gasteiger partial charge in [-0.1, -0.05) is 48.6 Å². The van der Waals surface area contributed by atoms with Crippen molar-refractivity contribution >= 4 is 128 Å². The van der Waals surface area contributed by atoms with Gasteiger partial charge >= 0.3 is 177 Å². The number of hydrazone groups is 2. The van der Waals surface area contributed by atoms with Crippen molar-refractivity contribution in [3.8, 4) is 0 Å². The Morgan fingerprint density at radius 1 is 0.432 bits per heavy atom. The smallest absolute Gasteiger partial charge is 0.744 e. The van der Waals surface area contributed by atoms with Crippen LogP contribution in [0.15, 0.2) is 217 Å². The molecule has 0 saturated heterocycles. The molecule has 0 saturated carbocycles. The van der Waals surface area contributed by atoms with Crippen LogP contribution in [0.3, 0.4) is 0 Å². The van der Waals surface area contributed by atoms with Crippen molar-refractivity contribution in [2.24, 2.45) is 30.7 Å². The molecule has 88 heavy (non-hydrogen) atoms. The van der Waals surface area contributed by atoms with Crippen molar-refractivity contribution < 1.29 is 260 Å². The molecule has 0 fully saturated rings. The second kappa shape index (κ2) is 32.2. The average molecular weight is 1370 g/mol. The molecule has 6 aromatic carbocycles. The summed E-state index contributed by atoms with van der Waals surface area (Å²) in [6, 6.07) is 17.3. The van der Waals surface area contributed by atoms with Gasteiger partial charge < -0.3 is 37.7 Å². The van der Waals surface area contributed by atoms with E-state index in [4.69, 9.17) is 0 Å². The Kier molecular flexibility index (Phi) is 29.9. The van der Waals surface area contributed by atoms with E-state index in [1.807, 2.05) is 0 Å². The molecule has 2 aliphatic rings. The van der Waals surface area contributed by atoms with Gasteiger partial charge in [-0.15, -0.1) is 0 Å². The summed E-state index contributed by atoms with van der Waals surface area (Å²) in [6.45, 7) is 2.91. The predicted octanol–water partition coefficient (Wildman–Crippen LogP) is -10.9. The minimum Gasteiger partial charge on any atom is -0.744 e. The van der Waals surface area contributed by atoms with E-state index in [1.54, 1.807) is 0 Å². The Balaban J connectivity index is 0.00000440. The topological polar surface area (TPSA) is 464 Å². The van der Waals surface area contributed by atoms with Gasteiger partial charge in [-0.2, -0.15) is 25.6 Å². The first-order valence-corrected chi connectivity index (χ1v) is 30.8. The molecule has 0 N–H and O–H groups in total.